The number of ketones is 1. The average molecular weight is 266 g/mol. The number of anilines is 1. The summed E-state index contributed by atoms with van der Waals surface area (Å²) in [6.07, 6.45) is 4.13. The number of allylic oxidation sites excluding steroid dienone is 1. The van der Waals surface area contributed by atoms with Crippen LogP contribution in [0.2, 0.25) is 0 Å². The van der Waals surface area contributed by atoms with Crippen LogP contribution < -0.4 is 5.32 Å². The number of carbonyl (C=O) groups is 1. The summed E-state index contributed by atoms with van der Waals surface area (Å²) >= 11 is 16.1. The zero-order valence-corrected chi connectivity index (χ0v) is 9.72. The molecule has 0 aromatic carbocycles. The van der Waals surface area contributed by atoms with Gasteiger partial charge < -0.3 is 5.32 Å². The molecule has 6 heteroatoms. The highest BCUT2D eigenvalue weighted by Crippen LogP contribution is 2.27. The van der Waals surface area contributed by atoms with E-state index in [9.17, 15) is 4.79 Å². The molecule has 0 saturated carbocycles. The molecule has 15 heavy (non-hydrogen) atoms. The lowest BCUT2D eigenvalue weighted by Gasteiger charge is -2.04. The van der Waals surface area contributed by atoms with E-state index in [0.717, 1.165) is 6.08 Å². The van der Waals surface area contributed by atoms with Gasteiger partial charge in [0.25, 0.3) is 3.79 Å². The molecule has 3 nitrogen and oxygen atoms in total. The number of halogens is 3. The molecule has 0 unspecified atom stereocenters. The van der Waals surface area contributed by atoms with Crippen LogP contribution >= 0.6 is 34.8 Å². The van der Waals surface area contributed by atoms with Crippen molar-refractivity contribution >= 4 is 46.4 Å². The summed E-state index contributed by atoms with van der Waals surface area (Å²) in [5, 5.41) is 2.76. The molecule has 0 fully saturated rings. The lowest BCUT2D eigenvalue weighted by Crippen LogP contribution is -2.15. The summed E-state index contributed by atoms with van der Waals surface area (Å²) in [6.45, 7) is 0. The lowest BCUT2D eigenvalue weighted by atomic mass is 10.4. The third-order valence-electron chi connectivity index (χ3n) is 1.41. The number of hydrogen-bond donors (Lipinski definition) is 1. The van der Waals surface area contributed by atoms with Crippen molar-refractivity contribution in [1.82, 2.24) is 4.98 Å². The van der Waals surface area contributed by atoms with E-state index in [4.69, 9.17) is 34.8 Å². The number of pyridine rings is 1. The van der Waals surface area contributed by atoms with Gasteiger partial charge in [0.1, 0.15) is 5.82 Å². The Bertz CT molecular complexity index is 359. The van der Waals surface area contributed by atoms with Gasteiger partial charge in [0.05, 0.1) is 0 Å². The van der Waals surface area contributed by atoms with Crippen LogP contribution in [0.4, 0.5) is 5.82 Å². The molecule has 0 aliphatic rings. The molecule has 1 rings (SSSR count). The summed E-state index contributed by atoms with van der Waals surface area (Å²) < 4.78 is -1.91. The Morgan fingerprint density at radius 3 is 2.67 bits per heavy atom. The zero-order chi connectivity index (χ0) is 11.3. The quantitative estimate of drug-likeness (QED) is 0.675. The minimum atomic E-state index is -1.91. The summed E-state index contributed by atoms with van der Waals surface area (Å²) in [5.74, 6) is -0.0122. The number of nitrogens with one attached hydrogen (secondary N) is 1. The second kappa shape index (κ2) is 5.35. The first kappa shape index (κ1) is 12.3. The van der Waals surface area contributed by atoms with E-state index in [0.29, 0.717) is 5.82 Å². The largest absolute Gasteiger partial charge is 0.347 e. The molecule has 80 valence electrons. The first-order valence-electron chi connectivity index (χ1n) is 3.95. The molecule has 0 spiro atoms. The molecule has 0 aliphatic heterocycles. The van der Waals surface area contributed by atoms with Crippen LogP contribution in [0.3, 0.4) is 0 Å². The SMILES string of the molecule is O=C(/C=C\Nc1ccccn1)C(Cl)(Cl)Cl. The predicted molar refractivity (Wildman–Crippen MR) is 62.3 cm³/mol. The van der Waals surface area contributed by atoms with E-state index in [-0.39, 0.29) is 0 Å². The van der Waals surface area contributed by atoms with Crippen molar-refractivity contribution in [3.63, 3.8) is 0 Å². The van der Waals surface area contributed by atoms with E-state index < -0.39 is 9.58 Å². The van der Waals surface area contributed by atoms with Crippen LogP contribution in [-0.2, 0) is 4.79 Å². The molecule has 0 bridgehead atoms. The standard InChI is InChI=1S/C9H7Cl3N2O/c10-9(11,12)7(15)4-6-14-8-3-1-2-5-13-8/h1-6H,(H,13,14)/b6-4-. The molecule has 0 radical (unpaired) electrons. The smallest absolute Gasteiger partial charge is 0.252 e. The minimum Gasteiger partial charge on any atom is -0.347 e. The van der Waals surface area contributed by atoms with Crippen molar-refractivity contribution in [3.8, 4) is 0 Å². The van der Waals surface area contributed by atoms with Gasteiger partial charge in [0.15, 0.2) is 0 Å². The highest BCUT2D eigenvalue weighted by Gasteiger charge is 2.27. The van der Waals surface area contributed by atoms with Gasteiger partial charge >= 0.3 is 0 Å². The number of aromatic nitrogens is 1. The van der Waals surface area contributed by atoms with Gasteiger partial charge in [-0.1, -0.05) is 40.9 Å². The van der Waals surface area contributed by atoms with Crippen molar-refractivity contribution in [2.75, 3.05) is 5.32 Å². The fourth-order valence-electron chi connectivity index (χ4n) is 0.745. The third kappa shape index (κ3) is 4.51. The maximum Gasteiger partial charge on any atom is 0.252 e. The Morgan fingerprint density at radius 1 is 1.40 bits per heavy atom. The topological polar surface area (TPSA) is 42.0 Å². The van der Waals surface area contributed by atoms with Crippen molar-refractivity contribution in [1.29, 1.82) is 0 Å². The van der Waals surface area contributed by atoms with Crippen LogP contribution in [0, 0.1) is 0 Å². The molecule has 0 atom stereocenters. The van der Waals surface area contributed by atoms with E-state index in [1.54, 1.807) is 24.4 Å². The van der Waals surface area contributed by atoms with Crippen LogP contribution in [0.15, 0.2) is 36.7 Å². The third-order valence-corrected chi connectivity index (χ3v) is 1.97. The average Bonchev–Trinajstić information content (AvgIpc) is 2.18. The Hall–Kier alpha value is -0.770. The number of nitrogens with zero attached hydrogens (tertiary/aromatic N) is 1. The number of carbonyl (C=O) groups excluding carboxylic acids is 1. The zero-order valence-electron chi connectivity index (χ0n) is 7.45. The van der Waals surface area contributed by atoms with Gasteiger partial charge in [-0.2, -0.15) is 0 Å². The van der Waals surface area contributed by atoms with Crippen LogP contribution in [-0.4, -0.2) is 14.6 Å². The Morgan fingerprint density at radius 2 is 2.13 bits per heavy atom. The lowest BCUT2D eigenvalue weighted by molar-refractivity contribution is -0.113. The summed E-state index contributed by atoms with van der Waals surface area (Å²) in [4.78, 5) is 15.1. The number of rotatable bonds is 3. The predicted octanol–water partition coefficient (Wildman–Crippen LogP) is 2.95. The van der Waals surface area contributed by atoms with Crippen molar-refractivity contribution < 1.29 is 4.79 Å². The van der Waals surface area contributed by atoms with Crippen LogP contribution in [0.5, 0.6) is 0 Å². The van der Waals surface area contributed by atoms with E-state index in [1.165, 1.54) is 6.20 Å². The summed E-state index contributed by atoms with van der Waals surface area (Å²) in [5.41, 5.74) is 0. The van der Waals surface area contributed by atoms with Gasteiger partial charge in [0, 0.05) is 18.5 Å². The monoisotopic (exact) mass is 264 g/mol. The summed E-state index contributed by atoms with van der Waals surface area (Å²) in [7, 11) is 0. The first-order chi connectivity index (χ1) is 7.00. The molecular formula is C9H7Cl3N2O. The minimum absolute atomic E-state index is 0.603. The Balaban J connectivity index is 2.51. The highest BCUT2D eigenvalue weighted by molar-refractivity contribution is 6.77. The number of hydrogen-bond acceptors (Lipinski definition) is 3. The molecule has 0 saturated heterocycles. The van der Waals surface area contributed by atoms with Gasteiger partial charge in [-0.15, -0.1) is 0 Å². The molecule has 1 heterocycles. The van der Waals surface area contributed by atoms with Crippen LogP contribution in [0.1, 0.15) is 0 Å². The normalized spacial score (nSPS) is 11.7. The van der Waals surface area contributed by atoms with Gasteiger partial charge in [-0.3, -0.25) is 4.79 Å². The summed E-state index contributed by atoms with van der Waals surface area (Å²) in [6, 6.07) is 5.32. The van der Waals surface area contributed by atoms with Crippen molar-refractivity contribution in [2.45, 2.75) is 3.79 Å². The maximum absolute atomic E-state index is 11.1. The highest BCUT2D eigenvalue weighted by atomic mass is 35.6. The van der Waals surface area contributed by atoms with Crippen molar-refractivity contribution in [3.05, 3.63) is 36.7 Å². The molecule has 1 aromatic heterocycles. The van der Waals surface area contributed by atoms with Crippen molar-refractivity contribution in [2.24, 2.45) is 0 Å². The second-order valence-corrected chi connectivity index (χ2v) is 4.84. The molecule has 0 aliphatic carbocycles. The molecule has 0 amide bonds. The molecular weight excluding hydrogens is 258 g/mol. The number of alkyl halides is 3. The fraction of sp³-hybridized carbons (Fsp3) is 0.111. The first-order valence-corrected chi connectivity index (χ1v) is 5.09. The second-order valence-electron chi connectivity index (χ2n) is 2.55. The van der Waals surface area contributed by atoms with E-state index in [1.807, 2.05) is 0 Å². The van der Waals surface area contributed by atoms with Gasteiger partial charge in [0.2, 0.25) is 5.78 Å². The van der Waals surface area contributed by atoms with Gasteiger partial charge in [-0.05, 0) is 12.1 Å². The van der Waals surface area contributed by atoms with E-state index >= 15 is 0 Å². The fourth-order valence-corrected chi connectivity index (χ4v) is 0.934. The van der Waals surface area contributed by atoms with Crippen LogP contribution in [0.25, 0.3) is 0 Å². The Kier molecular flexibility index (Phi) is 4.39. The van der Waals surface area contributed by atoms with E-state index in [2.05, 4.69) is 10.3 Å². The van der Waals surface area contributed by atoms with Gasteiger partial charge in [-0.25, -0.2) is 4.98 Å². The molecule has 1 aromatic rings. The Labute approximate surface area is 102 Å². The molecule has 1 N–H and O–H groups in total. The maximum atomic E-state index is 11.1.